The van der Waals surface area contributed by atoms with E-state index in [-0.39, 0.29) is 35.6 Å². The summed E-state index contributed by atoms with van der Waals surface area (Å²) in [5, 5.41) is 0. The molecule has 2 aliphatic rings. The Hall–Kier alpha value is -2.18. The third kappa shape index (κ3) is 10.2. The first-order valence-electron chi connectivity index (χ1n) is 20.1. The number of benzene rings is 4. The van der Waals surface area contributed by atoms with E-state index in [2.05, 4.69) is 152 Å². The molecule has 3 heteroatoms. The summed E-state index contributed by atoms with van der Waals surface area (Å²) in [5.74, 6) is 0. The molecule has 0 saturated carbocycles. The van der Waals surface area contributed by atoms with Gasteiger partial charge >= 0.3 is 325 Å². The maximum Gasteiger partial charge on any atom is -1.00 e. The molecule has 0 fully saturated rings. The third-order valence-electron chi connectivity index (χ3n) is 11.4. The number of fused-ring (bicyclic) bond motifs is 2. The van der Waals surface area contributed by atoms with Gasteiger partial charge in [0.05, 0.1) is 0 Å². The fourth-order valence-corrected chi connectivity index (χ4v) is 13.3. The van der Waals surface area contributed by atoms with Gasteiger partial charge in [-0.05, 0) is 0 Å². The average molecular weight is 825 g/mol. The topological polar surface area (TPSA) is 0 Å². The van der Waals surface area contributed by atoms with Gasteiger partial charge in [-0.1, -0.05) is 0 Å². The molecule has 2 unspecified atom stereocenters. The van der Waals surface area contributed by atoms with Gasteiger partial charge in [0, 0.05) is 0 Å². The fourth-order valence-electron chi connectivity index (χ4n) is 8.24. The standard InChI is InChI=1S/2C25H31.2ClH.Zr/c2*1-5-6-7-8-10-19-17-21-11-9-12-23(24(21)18-19)20-13-15-22(16-14-20)25(2,3)4;;;/h2*9,11-18H,5-8,10H2,1-4H3;2*1H;/q;;;;+2/p-2. The molecule has 4 aromatic carbocycles. The van der Waals surface area contributed by atoms with Gasteiger partial charge in [0.1, 0.15) is 0 Å². The van der Waals surface area contributed by atoms with Gasteiger partial charge in [-0.3, -0.25) is 0 Å². The van der Waals surface area contributed by atoms with Crippen molar-refractivity contribution in [3.8, 4) is 22.3 Å². The number of hydrogen-bond donors (Lipinski definition) is 0. The van der Waals surface area contributed by atoms with Crippen LogP contribution in [0, 0.1) is 0 Å². The number of unbranched alkanes of at least 4 members (excludes halogenated alkanes) is 6. The maximum absolute atomic E-state index is 2.66. The summed E-state index contributed by atoms with van der Waals surface area (Å²) in [7, 11) is 0. The molecule has 0 saturated heterocycles. The van der Waals surface area contributed by atoms with E-state index in [1.54, 1.807) is 22.3 Å². The molecule has 0 heterocycles. The molecule has 0 amide bonds. The molecule has 0 aromatic heterocycles. The summed E-state index contributed by atoms with van der Waals surface area (Å²) in [4.78, 5) is 0. The fraction of sp³-hybridized carbons (Fsp3) is 0.440. The summed E-state index contributed by atoms with van der Waals surface area (Å²) in [6.07, 6.45) is 18.4. The van der Waals surface area contributed by atoms with Gasteiger partial charge in [0.2, 0.25) is 0 Å². The maximum atomic E-state index is 2.66. The van der Waals surface area contributed by atoms with Crippen LogP contribution in [0.1, 0.15) is 160 Å². The van der Waals surface area contributed by atoms with E-state index in [1.807, 2.05) is 0 Å². The minimum absolute atomic E-state index is 0. The zero-order valence-electron chi connectivity index (χ0n) is 33.7. The molecule has 0 bridgehead atoms. The summed E-state index contributed by atoms with van der Waals surface area (Å²) in [6.45, 7) is 18.5. The molecule has 53 heavy (non-hydrogen) atoms. The van der Waals surface area contributed by atoms with Crippen molar-refractivity contribution in [2.75, 3.05) is 0 Å². The second-order valence-electron chi connectivity index (χ2n) is 17.4. The minimum Gasteiger partial charge on any atom is -1.00 e. The van der Waals surface area contributed by atoms with Crippen LogP contribution in [0.2, 0.25) is 0 Å². The van der Waals surface area contributed by atoms with Crippen LogP contribution in [0.3, 0.4) is 0 Å². The second-order valence-corrected chi connectivity index (χ2v) is 21.0. The van der Waals surface area contributed by atoms with Gasteiger partial charge in [-0.15, -0.1) is 0 Å². The second kappa shape index (κ2) is 19.1. The van der Waals surface area contributed by atoms with Crippen LogP contribution in [-0.2, 0) is 34.1 Å². The number of halogens is 2. The Labute approximate surface area is 347 Å². The van der Waals surface area contributed by atoms with E-state index in [9.17, 15) is 0 Å². The van der Waals surface area contributed by atoms with Crippen molar-refractivity contribution in [2.24, 2.45) is 0 Å². The minimum atomic E-state index is -1.00. The Bertz CT molecular complexity index is 1710. The Morgan fingerprint density at radius 1 is 0.472 bits per heavy atom. The van der Waals surface area contributed by atoms with E-state index in [1.165, 1.54) is 109 Å². The van der Waals surface area contributed by atoms with Crippen LogP contribution in [0.15, 0.2) is 96.1 Å². The van der Waals surface area contributed by atoms with Gasteiger partial charge in [-0.25, -0.2) is 0 Å². The van der Waals surface area contributed by atoms with E-state index < -0.39 is 23.2 Å². The third-order valence-corrected chi connectivity index (χ3v) is 16.4. The Morgan fingerprint density at radius 2 is 0.849 bits per heavy atom. The molecule has 6 rings (SSSR count). The summed E-state index contributed by atoms with van der Waals surface area (Å²) >= 11 is -1.00. The first-order valence-corrected chi connectivity index (χ1v) is 23.0. The molecule has 2 atom stereocenters. The van der Waals surface area contributed by atoms with Crippen molar-refractivity contribution in [1.82, 2.24) is 0 Å². The molecule has 0 N–H and O–H groups in total. The first kappa shape index (κ1) is 43.5. The van der Waals surface area contributed by atoms with Crippen molar-refractivity contribution in [1.29, 1.82) is 0 Å². The number of rotatable bonds is 14. The normalized spacial score (nSPS) is 16.2. The smallest absolute Gasteiger partial charge is 1.00 e. The predicted octanol–water partition coefficient (Wildman–Crippen LogP) is 9.22. The van der Waals surface area contributed by atoms with Crippen LogP contribution in [-0.4, -0.2) is 0 Å². The van der Waals surface area contributed by atoms with Crippen LogP contribution in [0.4, 0.5) is 0 Å². The first-order chi connectivity index (χ1) is 24.5. The number of allylic oxidation sites excluding steroid dienone is 2. The van der Waals surface area contributed by atoms with Crippen LogP contribution in [0.5, 0.6) is 0 Å². The summed E-state index contributed by atoms with van der Waals surface area (Å²) in [5.41, 5.74) is 18.4. The van der Waals surface area contributed by atoms with E-state index in [0.29, 0.717) is 7.25 Å². The molecule has 2 aliphatic carbocycles. The van der Waals surface area contributed by atoms with Gasteiger partial charge in [0.25, 0.3) is 0 Å². The van der Waals surface area contributed by atoms with Crippen LogP contribution >= 0.6 is 0 Å². The Balaban J connectivity index is 0.00000314. The summed E-state index contributed by atoms with van der Waals surface area (Å²) in [6, 6.07) is 33.4. The SMILES string of the molecule is CCCCCCC1=Cc2c(-c3ccc(C(C)(C)C)cc3)cccc2[CH]1[Zr+2][CH]1C(CCCCCC)=Cc2c(-c3ccc(C(C)(C)C)cc3)cccc21.[Cl-].[Cl-]. The molecule has 0 nitrogen and oxygen atoms in total. The van der Waals surface area contributed by atoms with Crippen molar-refractivity contribution in [2.45, 2.75) is 138 Å². The monoisotopic (exact) mass is 822 g/mol. The molecular weight excluding hydrogens is 763 g/mol. The molecule has 4 aromatic rings. The quantitative estimate of drug-likeness (QED) is 0.111. The molecule has 280 valence electrons. The zero-order valence-corrected chi connectivity index (χ0v) is 37.7. The zero-order chi connectivity index (χ0) is 36.2. The van der Waals surface area contributed by atoms with Gasteiger partial charge < -0.3 is 24.8 Å². The Kier molecular flexibility index (Phi) is 15.7. The average Bonchev–Trinajstić information content (AvgIpc) is 3.65. The van der Waals surface area contributed by atoms with Crippen molar-refractivity contribution >= 4 is 12.2 Å². The van der Waals surface area contributed by atoms with Crippen molar-refractivity contribution < 1.29 is 48.0 Å². The van der Waals surface area contributed by atoms with Crippen LogP contribution in [0.25, 0.3) is 34.4 Å². The number of hydrogen-bond acceptors (Lipinski definition) is 0. The molecule has 0 aliphatic heterocycles. The summed E-state index contributed by atoms with van der Waals surface area (Å²) < 4.78 is 1.26. The molecule has 0 spiro atoms. The Morgan fingerprint density at radius 3 is 1.19 bits per heavy atom. The van der Waals surface area contributed by atoms with Gasteiger partial charge in [-0.2, -0.15) is 0 Å². The van der Waals surface area contributed by atoms with E-state index in [4.69, 9.17) is 0 Å². The van der Waals surface area contributed by atoms with Crippen molar-refractivity contribution in [3.63, 3.8) is 0 Å². The van der Waals surface area contributed by atoms with E-state index in [0.717, 1.165) is 0 Å². The molecular formula is C50H62Cl2Zr. The van der Waals surface area contributed by atoms with E-state index >= 15 is 0 Å². The molecule has 0 radical (unpaired) electrons. The van der Waals surface area contributed by atoms with Gasteiger partial charge in [0.15, 0.2) is 0 Å². The van der Waals surface area contributed by atoms with Crippen molar-refractivity contribution in [3.05, 3.63) is 129 Å². The largest absolute Gasteiger partial charge is 1.00 e. The van der Waals surface area contributed by atoms with Crippen LogP contribution < -0.4 is 24.8 Å². The predicted molar refractivity (Wildman–Crippen MR) is 220 cm³/mol.